The standard InChI is InChI=1S/C12H16N2O4S2/c13-9-2-3-10(12(15)16)11(8-9)20(17,18)14-4-1-6-19-7-5-14/h2-3,8H,1,4-7,13H2,(H,15,16). The maximum atomic E-state index is 12.6. The zero-order valence-corrected chi connectivity index (χ0v) is 12.4. The van der Waals surface area contributed by atoms with Gasteiger partial charge in [-0.1, -0.05) is 0 Å². The topological polar surface area (TPSA) is 101 Å². The van der Waals surface area contributed by atoms with Crippen LogP contribution in [0.3, 0.4) is 0 Å². The molecule has 1 heterocycles. The highest BCUT2D eigenvalue weighted by Gasteiger charge is 2.29. The Morgan fingerprint density at radius 3 is 2.75 bits per heavy atom. The summed E-state index contributed by atoms with van der Waals surface area (Å²) in [5.41, 5.74) is 5.60. The van der Waals surface area contributed by atoms with E-state index in [1.807, 2.05) is 0 Å². The molecule has 1 aliphatic rings. The first-order valence-corrected chi connectivity index (χ1v) is 8.73. The molecule has 1 fully saturated rings. The number of anilines is 1. The summed E-state index contributed by atoms with van der Waals surface area (Å²) in [5.74, 6) is 0.353. The van der Waals surface area contributed by atoms with E-state index in [2.05, 4.69) is 0 Å². The molecule has 0 bridgehead atoms. The second kappa shape index (κ2) is 6.02. The molecular weight excluding hydrogens is 300 g/mol. The lowest BCUT2D eigenvalue weighted by Crippen LogP contribution is -2.34. The molecule has 1 saturated heterocycles. The second-order valence-corrected chi connectivity index (χ2v) is 7.56. The van der Waals surface area contributed by atoms with E-state index < -0.39 is 16.0 Å². The molecule has 0 unspecified atom stereocenters. The fourth-order valence-electron chi connectivity index (χ4n) is 2.03. The Morgan fingerprint density at radius 1 is 1.30 bits per heavy atom. The Bertz CT molecular complexity index is 608. The van der Waals surface area contributed by atoms with Gasteiger partial charge in [0.15, 0.2) is 0 Å². The quantitative estimate of drug-likeness (QED) is 0.810. The first kappa shape index (κ1) is 15.1. The maximum absolute atomic E-state index is 12.6. The minimum Gasteiger partial charge on any atom is -0.478 e. The molecule has 0 aromatic heterocycles. The van der Waals surface area contributed by atoms with Crippen LogP contribution in [0.5, 0.6) is 0 Å². The molecule has 20 heavy (non-hydrogen) atoms. The normalized spacial score (nSPS) is 17.6. The lowest BCUT2D eigenvalue weighted by atomic mass is 10.2. The number of aromatic carboxylic acids is 1. The van der Waals surface area contributed by atoms with Gasteiger partial charge in [0.1, 0.15) is 0 Å². The lowest BCUT2D eigenvalue weighted by molar-refractivity contribution is 0.0692. The van der Waals surface area contributed by atoms with Gasteiger partial charge in [0, 0.05) is 24.5 Å². The molecule has 1 aromatic rings. The van der Waals surface area contributed by atoms with Crippen molar-refractivity contribution in [2.75, 3.05) is 30.3 Å². The molecule has 0 amide bonds. The van der Waals surface area contributed by atoms with Crippen molar-refractivity contribution in [3.63, 3.8) is 0 Å². The smallest absolute Gasteiger partial charge is 0.337 e. The van der Waals surface area contributed by atoms with E-state index >= 15 is 0 Å². The number of carboxylic acids is 1. The van der Waals surface area contributed by atoms with Crippen molar-refractivity contribution in [2.45, 2.75) is 11.3 Å². The third-order valence-electron chi connectivity index (χ3n) is 3.04. The summed E-state index contributed by atoms with van der Waals surface area (Å²) < 4.78 is 26.6. The number of thioether (sulfide) groups is 1. The van der Waals surface area contributed by atoms with Crippen LogP contribution in [0.4, 0.5) is 5.69 Å². The van der Waals surface area contributed by atoms with Crippen molar-refractivity contribution in [3.8, 4) is 0 Å². The highest BCUT2D eigenvalue weighted by atomic mass is 32.2. The Balaban J connectivity index is 2.47. The van der Waals surface area contributed by atoms with Crippen molar-refractivity contribution < 1.29 is 18.3 Å². The molecular formula is C12H16N2O4S2. The van der Waals surface area contributed by atoms with E-state index in [0.717, 1.165) is 12.2 Å². The first-order chi connectivity index (χ1) is 9.43. The molecule has 0 spiro atoms. The van der Waals surface area contributed by atoms with Crippen molar-refractivity contribution in [2.24, 2.45) is 0 Å². The number of nitrogen functional groups attached to an aromatic ring is 1. The third kappa shape index (κ3) is 3.08. The summed E-state index contributed by atoms with van der Waals surface area (Å²) in [7, 11) is -3.82. The minimum atomic E-state index is -3.82. The van der Waals surface area contributed by atoms with Crippen LogP contribution in [0.1, 0.15) is 16.8 Å². The predicted molar refractivity (Wildman–Crippen MR) is 78.5 cm³/mol. The van der Waals surface area contributed by atoms with Crippen LogP contribution in [0, 0.1) is 0 Å². The summed E-state index contributed by atoms with van der Waals surface area (Å²) in [6.07, 6.45) is 0.759. The molecule has 1 aliphatic heterocycles. The Morgan fingerprint density at radius 2 is 2.05 bits per heavy atom. The Labute approximate surface area is 122 Å². The second-order valence-electron chi connectivity index (χ2n) is 4.43. The predicted octanol–water partition coefficient (Wildman–Crippen LogP) is 1.09. The van der Waals surface area contributed by atoms with Gasteiger partial charge in [0.2, 0.25) is 10.0 Å². The van der Waals surface area contributed by atoms with Gasteiger partial charge in [-0.05, 0) is 30.4 Å². The summed E-state index contributed by atoms with van der Waals surface area (Å²) in [6.45, 7) is 0.796. The maximum Gasteiger partial charge on any atom is 0.337 e. The summed E-state index contributed by atoms with van der Waals surface area (Å²) in [5, 5.41) is 9.15. The van der Waals surface area contributed by atoms with E-state index in [1.54, 1.807) is 11.8 Å². The first-order valence-electron chi connectivity index (χ1n) is 6.13. The van der Waals surface area contributed by atoms with Crippen molar-refractivity contribution in [3.05, 3.63) is 23.8 Å². The van der Waals surface area contributed by atoms with E-state index in [-0.39, 0.29) is 16.1 Å². The van der Waals surface area contributed by atoms with Crippen LogP contribution >= 0.6 is 11.8 Å². The largest absolute Gasteiger partial charge is 0.478 e. The van der Waals surface area contributed by atoms with Crippen molar-refractivity contribution in [1.29, 1.82) is 0 Å². The monoisotopic (exact) mass is 316 g/mol. The molecule has 0 radical (unpaired) electrons. The van der Waals surface area contributed by atoms with Crippen LogP contribution < -0.4 is 5.73 Å². The molecule has 0 aliphatic carbocycles. The SMILES string of the molecule is Nc1ccc(C(=O)O)c(S(=O)(=O)N2CCCSCC2)c1. The van der Waals surface area contributed by atoms with Gasteiger partial charge in [-0.15, -0.1) is 0 Å². The summed E-state index contributed by atoms with van der Waals surface area (Å²) in [4.78, 5) is 11.0. The molecule has 0 saturated carbocycles. The van der Waals surface area contributed by atoms with Crippen molar-refractivity contribution >= 4 is 33.4 Å². The van der Waals surface area contributed by atoms with E-state index in [4.69, 9.17) is 10.8 Å². The van der Waals surface area contributed by atoms with Crippen LogP contribution in [0.15, 0.2) is 23.1 Å². The van der Waals surface area contributed by atoms with Gasteiger partial charge >= 0.3 is 5.97 Å². The molecule has 3 N–H and O–H groups in total. The van der Waals surface area contributed by atoms with Gasteiger partial charge in [0.25, 0.3) is 0 Å². The average Bonchev–Trinajstić information content (AvgIpc) is 2.67. The molecule has 2 rings (SSSR count). The fourth-order valence-corrected chi connectivity index (χ4v) is 4.73. The number of rotatable bonds is 3. The number of sulfonamides is 1. The number of hydrogen-bond donors (Lipinski definition) is 2. The van der Waals surface area contributed by atoms with Gasteiger partial charge in [-0.2, -0.15) is 16.1 Å². The van der Waals surface area contributed by atoms with E-state index in [1.165, 1.54) is 22.5 Å². The molecule has 0 atom stereocenters. The fraction of sp³-hybridized carbons (Fsp3) is 0.417. The summed E-state index contributed by atoms with van der Waals surface area (Å²) >= 11 is 1.70. The van der Waals surface area contributed by atoms with E-state index in [0.29, 0.717) is 18.8 Å². The van der Waals surface area contributed by atoms with Crippen molar-refractivity contribution in [1.82, 2.24) is 4.31 Å². The van der Waals surface area contributed by atoms with Crippen LogP contribution in [-0.2, 0) is 10.0 Å². The van der Waals surface area contributed by atoms with Gasteiger partial charge in [-0.25, -0.2) is 13.2 Å². The zero-order chi connectivity index (χ0) is 14.8. The van der Waals surface area contributed by atoms with Crippen LogP contribution in [0.2, 0.25) is 0 Å². The molecule has 110 valence electrons. The van der Waals surface area contributed by atoms with Gasteiger partial charge < -0.3 is 10.8 Å². The Kier molecular flexibility index (Phi) is 4.56. The molecule has 8 heteroatoms. The van der Waals surface area contributed by atoms with Crippen LogP contribution in [0.25, 0.3) is 0 Å². The minimum absolute atomic E-state index is 0.225. The number of benzene rings is 1. The van der Waals surface area contributed by atoms with Crippen LogP contribution in [-0.4, -0.2) is 48.4 Å². The molecule has 1 aromatic carbocycles. The number of nitrogens with zero attached hydrogens (tertiary/aromatic N) is 1. The lowest BCUT2D eigenvalue weighted by Gasteiger charge is -2.20. The average molecular weight is 316 g/mol. The number of carbonyl (C=O) groups is 1. The van der Waals surface area contributed by atoms with Gasteiger partial charge in [-0.3, -0.25) is 0 Å². The number of hydrogen-bond acceptors (Lipinski definition) is 5. The highest BCUT2D eigenvalue weighted by Crippen LogP contribution is 2.25. The number of nitrogens with two attached hydrogens (primary N) is 1. The third-order valence-corrected chi connectivity index (χ3v) is 6.02. The summed E-state index contributed by atoms with van der Waals surface area (Å²) in [6, 6.07) is 3.84. The highest BCUT2D eigenvalue weighted by molar-refractivity contribution is 7.99. The molecule has 6 nitrogen and oxygen atoms in total. The zero-order valence-electron chi connectivity index (χ0n) is 10.8. The number of carboxylic acid groups (broad SMARTS) is 1. The van der Waals surface area contributed by atoms with E-state index in [9.17, 15) is 13.2 Å². The van der Waals surface area contributed by atoms with Gasteiger partial charge in [0.05, 0.1) is 10.5 Å². The Hall–Kier alpha value is -1.25.